The van der Waals surface area contributed by atoms with Crippen LogP contribution in [0, 0.1) is 12.8 Å². The van der Waals surface area contributed by atoms with Crippen LogP contribution >= 0.6 is 11.3 Å². The highest BCUT2D eigenvalue weighted by molar-refractivity contribution is 7.10. The molecule has 0 aliphatic carbocycles. The summed E-state index contributed by atoms with van der Waals surface area (Å²) >= 11 is 1.86. The molecule has 4 heterocycles. The van der Waals surface area contributed by atoms with E-state index in [4.69, 9.17) is 9.47 Å². The predicted octanol–water partition coefficient (Wildman–Crippen LogP) is 3.26. The molecule has 2 saturated heterocycles. The van der Waals surface area contributed by atoms with Gasteiger partial charge in [0, 0.05) is 49.4 Å². The fraction of sp³-hybridized carbons (Fsp3) is 0.526. The fourth-order valence-electron chi connectivity index (χ4n) is 3.76. The van der Waals surface area contributed by atoms with Crippen molar-refractivity contribution in [1.29, 1.82) is 0 Å². The molecule has 0 saturated carbocycles. The van der Waals surface area contributed by atoms with Crippen LogP contribution in [-0.4, -0.2) is 41.8 Å². The lowest BCUT2D eigenvalue weighted by Crippen LogP contribution is -2.64. The van der Waals surface area contributed by atoms with Crippen LogP contribution in [0.2, 0.25) is 0 Å². The number of hydrogen-bond donors (Lipinski definition) is 0. The van der Waals surface area contributed by atoms with E-state index in [0.717, 1.165) is 39.3 Å². The van der Waals surface area contributed by atoms with E-state index in [2.05, 4.69) is 28.3 Å². The number of thiophene rings is 1. The predicted molar refractivity (Wildman–Crippen MR) is 95.0 cm³/mol. The van der Waals surface area contributed by atoms with E-state index in [1.165, 1.54) is 16.0 Å². The van der Waals surface area contributed by atoms with Crippen LogP contribution in [-0.2, 0) is 22.6 Å². The summed E-state index contributed by atoms with van der Waals surface area (Å²) in [6.45, 7) is 7.64. The smallest absolute Gasteiger partial charge is 0.0985 e. The van der Waals surface area contributed by atoms with Gasteiger partial charge in [0.15, 0.2) is 0 Å². The van der Waals surface area contributed by atoms with Gasteiger partial charge in [-0.1, -0.05) is 0 Å². The van der Waals surface area contributed by atoms with Gasteiger partial charge in [-0.2, -0.15) is 0 Å². The topological polar surface area (TPSA) is 34.6 Å². The van der Waals surface area contributed by atoms with E-state index in [9.17, 15) is 0 Å². The van der Waals surface area contributed by atoms with Gasteiger partial charge in [-0.3, -0.25) is 9.88 Å². The summed E-state index contributed by atoms with van der Waals surface area (Å²) in [6.07, 6.45) is 4.74. The maximum atomic E-state index is 6.14. The van der Waals surface area contributed by atoms with E-state index in [-0.39, 0.29) is 5.60 Å². The Morgan fingerprint density at radius 3 is 2.92 bits per heavy atom. The summed E-state index contributed by atoms with van der Waals surface area (Å²) in [7, 11) is 0. The molecule has 5 heteroatoms. The number of aryl methyl sites for hydroxylation is 1. The molecular weight excluding hydrogens is 320 g/mol. The zero-order chi connectivity index (χ0) is 16.4. The first-order valence-electron chi connectivity index (χ1n) is 8.61. The lowest BCUT2D eigenvalue weighted by molar-refractivity contribution is -0.146. The van der Waals surface area contributed by atoms with Crippen LogP contribution in [0.15, 0.2) is 36.0 Å². The molecule has 0 aromatic carbocycles. The first-order valence-corrected chi connectivity index (χ1v) is 9.49. The summed E-state index contributed by atoms with van der Waals surface area (Å²) in [6, 6.07) is 6.22. The molecule has 2 fully saturated rings. The Balaban J connectivity index is 1.27. The number of rotatable bonds is 6. The minimum Gasteiger partial charge on any atom is -0.376 e. The Kier molecular flexibility index (Phi) is 4.68. The Bertz CT molecular complexity index is 667. The maximum absolute atomic E-state index is 6.14. The van der Waals surface area contributed by atoms with Gasteiger partial charge in [-0.15, -0.1) is 11.3 Å². The van der Waals surface area contributed by atoms with Gasteiger partial charge < -0.3 is 9.47 Å². The zero-order valence-corrected chi connectivity index (χ0v) is 14.9. The molecule has 2 aliphatic heterocycles. The van der Waals surface area contributed by atoms with Gasteiger partial charge in [-0.25, -0.2) is 0 Å². The van der Waals surface area contributed by atoms with Gasteiger partial charge in [0.05, 0.1) is 18.8 Å². The average Bonchev–Trinajstić information content (AvgIpc) is 3.15. The van der Waals surface area contributed by atoms with Crippen molar-refractivity contribution in [3.05, 3.63) is 52.0 Å². The van der Waals surface area contributed by atoms with Crippen LogP contribution in [0.1, 0.15) is 22.4 Å². The molecule has 0 amide bonds. The van der Waals surface area contributed by atoms with Gasteiger partial charge in [0.1, 0.15) is 0 Å². The normalized spacial score (nSPS) is 22.8. The number of pyridine rings is 1. The molecule has 0 radical (unpaired) electrons. The van der Waals surface area contributed by atoms with E-state index in [1.807, 2.05) is 35.9 Å². The third kappa shape index (κ3) is 3.26. The quantitative estimate of drug-likeness (QED) is 0.806. The van der Waals surface area contributed by atoms with Crippen molar-refractivity contribution in [2.24, 2.45) is 5.92 Å². The average molecular weight is 344 g/mol. The second-order valence-corrected chi connectivity index (χ2v) is 7.94. The van der Waals surface area contributed by atoms with Crippen molar-refractivity contribution < 1.29 is 9.47 Å². The van der Waals surface area contributed by atoms with Crippen molar-refractivity contribution in [3.63, 3.8) is 0 Å². The van der Waals surface area contributed by atoms with E-state index < -0.39 is 0 Å². The van der Waals surface area contributed by atoms with Crippen LogP contribution in [0.4, 0.5) is 0 Å². The summed E-state index contributed by atoms with van der Waals surface area (Å²) < 4.78 is 12.1. The van der Waals surface area contributed by atoms with E-state index in [0.29, 0.717) is 12.5 Å². The Morgan fingerprint density at radius 2 is 2.17 bits per heavy atom. The molecule has 1 spiro atoms. The Hall–Kier alpha value is -1.27. The Labute approximate surface area is 147 Å². The summed E-state index contributed by atoms with van der Waals surface area (Å²) in [5.41, 5.74) is 2.62. The van der Waals surface area contributed by atoms with Gasteiger partial charge >= 0.3 is 0 Å². The van der Waals surface area contributed by atoms with E-state index in [1.54, 1.807) is 0 Å². The number of nitrogens with zero attached hydrogens (tertiary/aromatic N) is 2. The third-order valence-electron chi connectivity index (χ3n) is 5.25. The summed E-state index contributed by atoms with van der Waals surface area (Å²) in [5, 5.41) is 2.18. The molecule has 4 rings (SSSR count). The largest absolute Gasteiger partial charge is 0.376 e. The van der Waals surface area contributed by atoms with Gasteiger partial charge in [0.2, 0.25) is 0 Å². The lowest BCUT2D eigenvalue weighted by atomic mass is 9.81. The summed E-state index contributed by atoms with van der Waals surface area (Å²) in [4.78, 5) is 8.02. The standard InChI is InChI=1S/C19H24N2O2S/c1-15-5-9-24-18(15)10-21-13-19(14-21)17(4-8-23-19)12-22-11-16-2-6-20-7-3-16/h2-3,5-7,9,17H,4,8,10-14H2,1H3. The maximum Gasteiger partial charge on any atom is 0.0985 e. The van der Waals surface area contributed by atoms with Gasteiger partial charge in [-0.05, 0) is 48.1 Å². The minimum absolute atomic E-state index is 0.0312. The van der Waals surface area contributed by atoms with Crippen molar-refractivity contribution in [2.45, 2.75) is 32.1 Å². The van der Waals surface area contributed by atoms with Crippen LogP contribution in [0.5, 0.6) is 0 Å². The highest BCUT2D eigenvalue weighted by Crippen LogP contribution is 2.41. The van der Waals surface area contributed by atoms with E-state index >= 15 is 0 Å². The molecule has 1 unspecified atom stereocenters. The third-order valence-corrected chi connectivity index (χ3v) is 6.26. The molecular formula is C19H24N2O2S. The minimum atomic E-state index is 0.0312. The number of aromatic nitrogens is 1. The van der Waals surface area contributed by atoms with Crippen molar-refractivity contribution >= 4 is 11.3 Å². The van der Waals surface area contributed by atoms with Crippen LogP contribution in [0.3, 0.4) is 0 Å². The lowest BCUT2D eigenvalue weighted by Gasteiger charge is -2.50. The molecule has 2 aromatic heterocycles. The second kappa shape index (κ2) is 6.92. The highest BCUT2D eigenvalue weighted by atomic mass is 32.1. The monoisotopic (exact) mass is 344 g/mol. The number of hydrogen-bond acceptors (Lipinski definition) is 5. The number of likely N-dealkylation sites (tertiary alicyclic amines) is 1. The molecule has 128 valence electrons. The van der Waals surface area contributed by atoms with Crippen molar-refractivity contribution in [2.75, 3.05) is 26.3 Å². The van der Waals surface area contributed by atoms with Crippen molar-refractivity contribution in [1.82, 2.24) is 9.88 Å². The molecule has 0 N–H and O–H groups in total. The first-order chi connectivity index (χ1) is 11.8. The molecule has 0 bridgehead atoms. The summed E-state index contributed by atoms with van der Waals surface area (Å²) in [5.74, 6) is 0.514. The molecule has 1 atom stereocenters. The van der Waals surface area contributed by atoms with Gasteiger partial charge in [0.25, 0.3) is 0 Å². The van der Waals surface area contributed by atoms with Crippen LogP contribution < -0.4 is 0 Å². The molecule has 2 aromatic rings. The highest BCUT2D eigenvalue weighted by Gasteiger charge is 2.52. The zero-order valence-electron chi connectivity index (χ0n) is 14.1. The molecule has 24 heavy (non-hydrogen) atoms. The molecule has 2 aliphatic rings. The fourth-order valence-corrected chi connectivity index (χ4v) is 4.71. The van der Waals surface area contributed by atoms with Crippen molar-refractivity contribution in [3.8, 4) is 0 Å². The SMILES string of the molecule is Cc1ccsc1CN1CC2(C1)OCCC2COCc1ccncc1. The molecule has 4 nitrogen and oxygen atoms in total. The second-order valence-electron chi connectivity index (χ2n) is 6.94. The first kappa shape index (κ1) is 16.2. The van der Waals surface area contributed by atoms with Crippen LogP contribution in [0.25, 0.3) is 0 Å². The Morgan fingerprint density at radius 1 is 1.33 bits per heavy atom. The number of ether oxygens (including phenoxy) is 2.